The Hall–Kier alpha value is -1.81. The number of nitrogens with zero attached hydrogens (tertiary/aromatic N) is 1. The van der Waals surface area contributed by atoms with E-state index in [4.69, 9.17) is 4.74 Å². The number of phenols is 1. The fourth-order valence-corrected chi connectivity index (χ4v) is 2.82. The van der Waals surface area contributed by atoms with Crippen LogP contribution in [0.5, 0.6) is 5.75 Å². The number of nitrogens with one attached hydrogen (secondary N) is 1. The number of phenolic OH excluding ortho intramolecular Hbond substituents is 1. The van der Waals surface area contributed by atoms with Crippen molar-refractivity contribution >= 4 is 16.6 Å². The molecule has 1 aliphatic rings. The molecule has 1 aromatic heterocycles. The summed E-state index contributed by atoms with van der Waals surface area (Å²) in [6.45, 7) is 4.89. The van der Waals surface area contributed by atoms with Gasteiger partial charge in [0.2, 0.25) is 0 Å². The average molecular weight is 272 g/mol. The van der Waals surface area contributed by atoms with Crippen molar-refractivity contribution in [2.75, 3.05) is 11.9 Å². The van der Waals surface area contributed by atoms with Gasteiger partial charge in [0.25, 0.3) is 0 Å². The van der Waals surface area contributed by atoms with Crippen LogP contribution >= 0.6 is 0 Å². The molecule has 4 heteroatoms. The minimum absolute atomic E-state index is 0.251. The standard InChI is InChI=1S/C16H20N2O2/c1-10-7-15(18-12-5-6-20-11(2)8-12)14-4-3-13(19)9-16(14)17-10/h3-4,7,9,11-12,19H,5-6,8H2,1-2H3,(H,17,18)/t11-,12+/m1/s1. The third-order valence-corrected chi connectivity index (χ3v) is 3.77. The van der Waals surface area contributed by atoms with Crippen LogP contribution in [0.4, 0.5) is 5.69 Å². The highest BCUT2D eigenvalue weighted by Crippen LogP contribution is 2.28. The molecule has 0 radical (unpaired) electrons. The molecule has 3 rings (SSSR count). The molecule has 2 heterocycles. The van der Waals surface area contributed by atoms with Crippen molar-refractivity contribution in [2.45, 2.75) is 38.8 Å². The molecule has 0 spiro atoms. The second-order valence-electron chi connectivity index (χ2n) is 5.56. The molecule has 1 fully saturated rings. The summed E-state index contributed by atoms with van der Waals surface area (Å²) in [6.07, 6.45) is 2.34. The predicted octanol–water partition coefficient (Wildman–Crippen LogP) is 3.23. The van der Waals surface area contributed by atoms with Crippen LogP contribution in [0, 0.1) is 6.92 Å². The second-order valence-corrected chi connectivity index (χ2v) is 5.56. The van der Waals surface area contributed by atoms with Crippen LogP contribution in [-0.2, 0) is 4.74 Å². The third kappa shape index (κ3) is 2.70. The molecule has 2 atom stereocenters. The van der Waals surface area contributed by atoms with Crippen LogP contribution in [0.25, 0.3) is 10.9 Å². The Kier molecular flexibility index (Phi) is 3.49. The number of rotatable bonds is 2. The number of ether oxygens (including phenoxy) is 1. The van der Waals surface area contributed by atoms with Crippen LogP contribution in [0.2, 0.25) is 0 Å². The topological polar surface area (TPSA) is 54.4 Å². The molecular weight excluding hydrogens is 252 g/mol. The Labute approximate surface area is 118 Å². The van der Waals surface area contributed by atoms with Crippen LogP contribution in [-0.4, -0.2) is 28.8 Å². The number of aromatic nitrogens is 1. The number of aryl methyl sites for hydroxylation is 1. The van der Waals surface area contributed by atoms with E-state index in [2.05, 4.69) is 23.3 Å². The number of pyridine rings is 1. The van der Waals surface area contributed by atoms with Crippen molar-refractivity contribution in [1.82, 2.24) is 4.98 Å². The van der Waals surface area contributed by atoms with Gasteiger partial charge in [-0.05, 0) is 44.9 Å². The van der Waals surface area contributed by atoms with E-state index in [1.807, 2.05) is 13.0 Å². The minimum atomic E-state index is 0.251. The van der Waals surface area contributed by atoms with Gasteiger partial charge in [-0.3, -0.25) is 4.98 Å². The lowest BCUT2D eigenvalue weighted by Gasteiger charge is -2.29. The summed E-state index contributed by atoms with van der Waals surface area (Å²) in [4.78, 5) is 4.48. The van der Waals surface area contributed by atoms with Crippen LogP contribution in [0.15, 0.2) is 24.3 Å². The van der Waals surface area contributed by atoms with E-state index in [0.717, 1.165) is 41.7 Å². The van der Waals surface area contributed by atoms with Gasteiger partial charge in [0.05, 0.1) is 11.6 Å². The van der Waals surface area contributed by atoms with Crippen molar-refractivity contribution in [3.05, 3.63) is 30.0 Å². The smallest absolute Gasteiger partial charge is 0.117 e. The maximum Gasteiger partial charge on any atom is 0.117 e. The van der Waals surface area contributed by atoms with Gasteiger partial charge in [0, 0.05) is 35.5 Å². The maximum atomic E-state index is 9.59. The maximum absolute atomic E-state index is 9.59. The molecule has 0 saturated carbocycles. The lowest BCUT2D eigenvalue weighted by molar-refractivity contribution is 0.0232. The van der Waals surface area contributed by atoms with Gasteiger partial charge in [-0.25, -0.2) is 0 Å². The van der Waals surface area contributed by atoms with Crippen molar-refractivity contribution in [2.24, 2.45) is 0 Å². The Balaban J connectivity index is 1.94. The van der Waals surface area contributed by atoms with E-state index in [0.29, 0.717) is 12.1 Å². The molecule has 0 aliphatic carbocycles. The number of aromatic hydroxyl groups is 1. The van der Waals surface area contributed by atoms with Crippen molar-refractivity contribution in [3.63, 3.8) is 0 Å². The SMILES string of the molecule is Cc1cc(N[C@H]2CCO[C@H](C)C2)c2ccc(O)cc2n1. The summed E-state index contributed by atoms with van der Waals surface area (Å²) in [5, 5.41) is 14.3. The molecule has 1 aliphatic heterocycles. The van der Waals surface area contributed by atoms with Crippen LogP contribution in [0.3, 0.4) is 0 Å². The van der Waals surface area contributed by atoms with E-state index in [9.17, 15) is 5.11 Å². The molecule has 20 heavy (non-hydrogen) atoms. The van der Waals surface area contributed by atoms with E-state index < -0.39 is 0 Å². The van der Waals surface area contributed by atoms with Gasteiger partial charge in [0.1, 0.15) is 5.75 Å². The van der Waals surface area contributed by atoms with Gasteiger partial charge >= 0.3 is 0 Å². The third-order valence-electron chi connectivity index (χ3n) is 3.77. The Morgan fingerprint density at radius 3 is 3.00 bits per heavy atom. The average Bonchev–Trinajstić information content (AvgIpc) is 2.37. The molecule has 1 saturated heterocycles. The summed E-state index contributed by atoms with van der Waals surface area (Å²) in [5.74, 6) is 0.251. The fraction of sp³-hybridized carbons (Fsp3) is 0.438. The quantitative estimate of drug-likeness (QED) is 0.881. The Morgan fingerprint density at radius 1 is 1.35 bits per heavy atom. The van der Waals surface area contributed by atoms with Gasteiger partial charge in [-0.1, -0.05) is 0 Å². The van der Waals surface area contributed by atoms with Crippen LogP contribution < -0.4 is 5.32 Å². The lowest BCUT2D eigenvalue weighted by atomic mass is 10.0. The van der Waals surface area contributed by atoms with E-state index in [1.165, 1.54) is 0 Å². The zero-order valence-electron chi connectivity index (χ0n) is 11.9. The molecule has 106 valence electrons. The van der Waals surface area contributed by atoms with Crippen molar-refractivity contribution in [1.29, 1.82) is 0 Å². The molecule has 4 nitrogen and oxygen atoms in total. The Morgan fingerprint density at radius 2 is 2.20 bits per heavy atom. The van der Waals surface area contributed by atoms with E-state index in [1.54, 1.807) is 12.1 Å². The number of anilines is 1. The van der Waals surface area contributed by atoms with Gasteiger partial charge in [-0.2, -0.15) is 0 Å². The molecular formula is C16H20N2O2. The van der Waals surface area contributed by atoms with Gasteiger partial charge in [0.15, 0.2) is 0 Å². The highest BCUT2D eigenvalue weighted by atomic mass is 16.5. The van der Waals surface area contributed by atoms with Crippen LogP contribution in [0.1, 0.15) is 25.5 Å². The largest absolute Gasteiger partial charge is 0.508 e. The first-order chi connectivity index (χ1) is 9.61. The van der Waals surface area contributed by atoms with Gasteiger partial charge < -0.3 is 15.2 Å². The highest BCUT2D eigenvalue weighted by Gasteiger charge is 2.19. The number of benzene rings is 1. The van der Waals surface area contributed by atoms with Crippen molar-refractivity contribution < 1.29 is 9.84 Å². The van der Waals surface area contributed by atoms with E-state index in [-0.39, 0.29) is 5.75 Å². The Bertz CT molecular complexity index is 622. The van der Waals surface area contributed by atoms with E-state index >= 15 is 0 Å². The highest BCUT2D eigenvalue weighted by molar-refractivity contribution is 5.92. The normalized spacial score (nSPS) is 22.9. The number of hydrogen-bond acceptors (Lipinski definition) is 4. The van der Waals surface area contributed by atoms with Crippen molar-refractivity contribution in [3.8, 4) is 5.75 Å². The van der Waals surface area contributed by atoms with Gasteiger partial charge in [-0.15, -0.1) is 0 Å². The minimum Gasteiger partial charge on any atom is -0.508 e. The summed E-state index contributed by atoms with van der Waals surface area (Å²) in [6, 6.07) is 7.83. The summed E-state index contributed by atoms with van der Waals surface area (Å²) >= 11 is 0. The summed E-state index contributed by atoms with van der Waals surface area (Å²) < 4.78 is 5.59. The number of hydrogen-bond donors (Lipinski definition) is 2. The predicted molar refractivity (Wildman–Crippen MR) is 80.2 cm³/mol. The first-order valence-corrected chi connectivity index (χ1v) is 7.10. The zero-order chi connectivity index (χ0) is 14.1. The molecule has 0 unspecified atom stereocenters. The number of fused-ring (bicyclic) bond motifs is 1. The molecule has 2 aromatic rings. The fourth-order valence-electron chi connectivity index (χ4n) is 2.82. The summed E-state index contributed by atoms with van der Waals surface area (Å²) in [7, 11) is 0. The first-order valence-electron chi connectivity index (χ1n) is 7.10. The molecule has 1 aromatic carbocycles. The molecule has 0 amide bonds. The second kappa shape index (κ2) is 5.29. The zero-order valence-corrected chi connectivity index (χ0v) is 11.9. The first kappa shape index (κ1) is 13.2. The summed E-state index contributed by atoms with van der Waals surface area (Å²) in [5.41, 5.74) is 2.87. The lowest BCUT2D eigenvalue weighted by Crippen LogP contribution is -2.32. The molecule has 2 N–H and O–H groups in total. The molecule has 0 bridgehead atoms. The monoisotopic (exact) mass is 272 g/mol.